The molecular weight excluding hydrogens is 227 g/mol. The van der Waals surface area contributed by atoms with Crippen molar-refractivity contribution in [2.45, 2.75) is 39.5 Å². The Balaban J connectivity index is 2.82. The fourth-order valence-electron chi connectivity index (χ4n) is 1.70. The lowest BCUT2D eigenvalue weighted by atomic mass is 9.95. The van der Waals surface area contributed by atoms with E-state index in [1.165, 1.54) is 5.82 Å². The summed E-state index contributed by atoms with van der Waals surface area (Å²) in [6.07, 6.45) is 3.12. The van der Waals surface area contributed by atoms with Crippen LogP contribution in [0.2, 0.25) is 0 Å². The predicted octanol–water partition coefficient (Wildman–Crippen LogP) is 3.28. The van der Waals surface area contributed by atoms with E-state index in [4.69, 9.17) is 9.05 Å². The van der Waals surface area contributed by atoms with Gasteiger partial charge in [-0.2, -0.15) is 0 Å². The Labute approximate surface area is 96.5 Å². The second-order valence-corrected chi connectivity index (χ2v) is 5.51. The molecule has 0 radical (unpaired) electrons. The van der Waals surface area contributed by atoms with Gasteiger partial charge in [0.15, 0.2) is 5.78 Å². The van der Waals surface area contributed by atoms with Gasteiger partial charge in [0.1, 0.15) is 0 Å². The van der Waals surface area contributed by atoms with Crippen LogP contribution < -0.4 is 0 Å². The third kappa shape index (κ3) is 3.85. The summed E-state index contributed by atoms with van der Waals surface area (Å²) in [4.78, 5) is 11.6. The Morgan fingerprint density at radius 1 is 1.19 bits per heavy atom. The number of carbonyl (C=O) groups is 1. The lowest BCUT2D eigenvalue weighted by Crippen LogP contribution is -2.09. The Morgan fingerprint density at radius 3 is 2.25 bits per heavy atom. The molecule has 1 aliphatic rings. The van der Waals surface area contributed by atoms with Crippen molar-refractivity contribution in [2.75, 3.05) is 13.2 Å². The van der Waals surface area contributed by atoms with Gasteiger partial charge in [-0.05, 0) is 33.1 Å². The molecule has 0 aromatic rings. The largest absolute Gasteiger partial charge is 0.354 e. The molecule has 16 heavy (non-hydrogen) atoms. The van der Waals surface area contributed by atoms with Gasteiger partial charge in [-0.1, -0.05) is 0 Å². The monoisotopic (exact) mass is 246 g/mol. The Kier molecular flexibility index (Phi) is 5.39. The first-order chi connectivity index (χ1) is 7.61. The highest BCUT2D eigenvalue weighted by atomic mass is 31.2. The van der Waals surface area contributed by atoms with Crippen molar-refractivity contribution in [3.8, 4) is 0 Å². The summed E-state index contributed by atoms with van der Waals surface area (Å²) < 4.78 is 22.4. The highest BCUT2D eigenvalue weighted by molar-refractivity contribution is 7.57. The van der Waals surface area contributed by atoms with Gasteiger partial charge in [0.05, 0.1) is 13.2 Å². The zero-order valence-electron chi connectivity index (χ0n) is 9.90. The zero-order valence-corrected chi connectivity index (χ0v) is 10.8. The summed E-state index contributed by atoms with van der Waals surface area (Å²) in [5.74, 6) is 1.49. The molecule has 0 atom stereocenters. The van der Waals surface area contributed by atoms with E-state index in [0.717, 1.165) is 12.8 Å². The molecule has 1 fully saturated rings. The van der Waals surface area contributed by atoms with Crippen molar-refractivity contribution in [2.24, 2.45) is 0 Å². The lowest BCUT2D eigenvalue weighted by molar-refractivity contribution is -0.116. The molecule has 0 unspecified atom stereocenters. The number of Topliss-reactive ketones (excluding diaryl/α,β-unsaturated/α-hetero) is 1. The average molecular weight is 246 g/mol. The van der Waals surface area contributed by atoms with Gasteiger partial charge in [-0.3, -0.25) is 9.36 Å². The Bertz CT molecular complexity index is 312. The SMILES string of the molecule is CCOP(=O)(/C=C1\CCCCC1=O)OCC. The summed E-state index contributed by atoms with van der Waals surface area (Å²) in [7, 11) is -3.21. The fraction of sp³-hybridized carbons (Fsp3) is 0.727. The molecule has 4 nitrogen and oxygen atoms in total. The zero-order chi connectivity index (χ0) is 12.0. The van der Waals surface area contributed by atoms with Crippen molar-refractivity contribution in [3.05, 3.63) is 11.4 Å². The van der Waals surface area contributed by atoms with Crippen LogP contribution >= 0.6 is 7.60 Å². The summed E-state index contributed by atoms with van der Waals surface area (Å²) in [5, 5.41) is 0. The molecule has 0 heterocycles. The van der Waals surface area contributed by atoms with Crippen LogP contribution in [0.25, 0.3) is 0 Å². The smallest absolute Gasteiger partial charge is 0.306 e. The summed E-state index contributed by atoms with van der Waals surface area (Å²) in [6.45, 7) is 4.14. The minimum atomic E-state index is -3.21. The second kappa shape index (κ2) is 6.33. The van der Waals surface area contributed by atoms with Crippen LogP contribution in [0.3, 0.4) is 0 Å². The van der Waals surface area contributed by atoms with E-state index in [-0.39, 0.29) is 5.78 Å². The van der Waals surface area contributed by atoms with E-state index < -0.39 is 7.60 Å². The first-order valence-electron chi connectivity index (χ1n) is 5.75. The van der Waals surface area contributed by atoms with E-state index in [0.29, 0.717) is 31.6 Å². The van der Waals surface area contributed by atoms with Crippen LogP contribution in [0.5, 0.6) is 0 Å². The molecule has 92 valence electrons. The van der Waals surface area contributed by atoms with Crippen LogP contribution in [0.1, 0.15) is 39.5 Å². The summed E-state index contributed by atoms with van der Waals surface area (Å²) in [6, 6.07) is 0. The number of carbonyl (C=O) groups excluding carboxylic acids is 1. The van der Waals surface area contributed by atoms with Gasteiger partial charge in [0.2, 0.25) is 0 Å². The van der Waals surface area contributed by atoms with Crippen LogP contribution in [-0.2, 0) is 18.4 Å². The molecule has 5 heteroatoms. The molecule has 0 N–H and O–H groups in total. The molecule has 0 amide bonds. The number of hydrogen-bond acceptors (Lipinski definition) is 4. The predicted molar refractivity (Wildman–Crippen MR) is 62.4 cm³/mol. The Hall–Kier alpha value is -0.440. The summed E-state index contributed by atoms with van der Waals surface area (Å²) >= 11 is 0. The molecule has 0 aliphatic heterocycles. The third-order valence-electron chi connectivity index (χ3n) is 2.39. The van der Waals surface area contributed by atoms with Gasteiger partial charge in [0, 0.05) is 17.8 Å². The molecular formula is C11H19O4P. The van der Waals surface area contributed by atoms with Crippen LogP contribution in [0.15, 0.2) is 11.4 Å². The lowest BCUT2D eigenvalue weighted by Gasteiger charge is -2.17. The van der Waals surface area contributed by atoms with Gasteiger partial charge in [0.25, 0.3) is 0 Å². The van der Waals surface area contributed by atoms with Crippen molar-refractivity contribution in [1.29, 1.82) is 0 Å². The quantitative estimate of drug-likeness (QED) is 0.551. The normalized spacial score (nSPS) is 20.4. The molecule has 1 saturated carbocycles. The molecule has 0 bridgehead atoms. The van der Waals surface area contributed by atoms with Gasteiger partial charge >= 0.3 is 7.60 Å². The number of allylic oxidation sites excluding steroid dienone is 1. The maximum absolute atomic E-state index is 12.2. The minimum absolute atomic E-state index is 0.0749. The number of ketones is 1. The van der Waals surface area contributed by atoms with Crippen molar-refractivity contribution < 1.29 is 18.4 Å². The third-order valence-corrected chi connectivity index (χ3v) is 4.25. The van der Waals surface area contributed by atoms with Crippen molar-refractivity contribution in [3.63, 3.8) is 0 Å². The van der Waals surface area contributed by atoms with E-state index in [1.807, 2.05) is 0 Å². The van der Waals surface area contributed by atoms with Gasteiger partial charge in [-0.15, -0.1) is 0 Å². The van der Waals surface area contributed by atoms with Crippen LogP contribution in [-0.4, -0.2) is 19.0 Å². The van der Waals surface area contributed by atoms with E-state index in [1.54, 1.807) is 13.8 Å². The Morgan fingerprint density at radius 2 is 1.75 bits per heavy atom. The summed E-state index contributed by atoms with van der Waals surface area (Å²) in [5.41, 5.74) is 0.608. The molecule has 0 aromatic carbocycles. The maximum atomic E-state index is 12.2. The van der Waals surface area contributed by atoms with Crippen molar-refractivity contribution in [1.82, 2.24) is 0 Å². The number of hydrogen-bond donors (Lipinski definition) is 0. The van der Waals surface area contributed by atoms with Gasteiger partial charge in [-0.25, -0.2) is 0 Å². The number of rotatable bonds is 5. The van der Waals surface area contributed by atoms with E-state index in [2.05, 4.69) is 0 Å². The first kappa shape index (κ1) is 13.6. The van der Waals surface area contributed by atoms with E-state index in [9.17, 15) is 9.36 Å². The second-order valence-electron chi connectivity index (χ2n) is 3.66. The maximum Gasteiger partial charge on any atom is 0.354 e. The molecule has 0 aromatic heterocycles. The average Bonchev–Trinajstić information content (AvgIpc) is 2.22. The molecule has 1 rings (SSSR count). The highest BCUT2D eigenvalue weighted by Crippen LogP contribution is 2.51. The van der Waals surface area contributed by atoms with Crippen LogP contribution in [0.4, 0.5) is 0 Å². The standard InChI is InChI=1S/C11H19O4P/c1-3-14-16(13,15-4-2)9-10-7-5-6-8-11(10)12/h9H,3-8H2,1-2H3/b10-9+. The minimum Gasteiger partial charge on any atom is -0.306 e. The molecule has 0 spiro atoms. The van der Waals surface area contributed by atoms with Gasteiger partial charge < -0.3 is 9.05 Å². The fourth-order valence-corrected chi connectivity index (χ4v) is 3.30. The molecule has 1 aliphatic carbocycles. The van der Waals surface area contributed by atoms with Crippen molar-refractivity contribution >= 4 is 13.4 Å². The first-order valence-corrected chi connectivity index (χ1v) is 7.36. The van der Waals surface area contributed by atoms with Crippen LogP contribution in [0, 0.1) is 0 Å². The van der Waals surface area contributed by atoms with E-state index >= 15 is 0 Å². The topological polar surface area (TPSA) is 52.6 Å². The highest BCUT2D eigenvalue weighted by Gasteiger charge is 2.25. The molecule has 0 saturated heterocycles.